The Morgan fingerprint density at radius 3 is 1.22 bits per heavy atom. The van der Waals surface area contributed by atoms with Gasteiger partial charge in [0.2, 0.25) is 0 Å². The summed E-state index contributed by atoms with van der Waals surface area (Å²) in [6, 6.07) is 10.8. The number of ether oxygens (including phenoxy) is 2. The summed E-state index contributed by atoms with van der Waals surface area (Å²) < 4.78 is 82.1. The summed E-state index contributed by atoms with van der Waals surface area (Å²) in [5, 5.41) is 5.50. The molecule has 2 rings (SSSR count). The maximum atomic E-state index is 12.2. The van der Waals surface area contributed by atoms with Crippen molar-refractivity contribution in [2.24, 2.45) is 0 Å². The van der Waals surface area contributed by atoms with Crippen molar-refractivity contribution in [1.29, 1.82) is 0 Å². The van der Waals surface area contributed by atoms with E-state index in [1.165, 1.54) is 48.5 Å². The number of amides is 2. The first-order valence-electron chi connectivity index (χ1n) is 11.6. The van der Waals surface area contributed by atoms with E-state index >= 15 is 0 Å². The highest BCUT2D eigenvalue weighted by Crippen LogP contribution is 2.20. The van der Waals surface area contributed by atoms with Gasteiger partial charge in [0.25, 0.3) is 11.8 Å². The van der Waals surface area contributed by atoms with Gasteiger partial charge in [-0.15, -0.1) is 0 Å². The predicted molar refractivity (Wildman–Crippen MR) is 124 cm³/mol. The van der Waals surface area contributed by atoms with Crippen molar-refractivity contribution in [2.45, 2.75) is 44.5 Å². The fraction of sp³-hybridized carbons (Fsp3) is 0.440. The second-order valence-electron chi connectivity index (χ2n) is 8.14. The second kappa shape index (κ2) is 14.3. The molecule has 204 valence electrons. The van der Waals surface area contributed by atoms with E-state index in [0.29, 0.717) is 24.2 Å². The molecule has 0 aliphatic rings. The second-order valence-corrected chi connectivity index (χ2v) is 8.14. The number of carbonyl (C=O) groups is 2. The van der Waals surface area contributed by atoms with Crippen LogP contribution in [0.4, 0.5) is 26.3 Å². The van der Waals surface area contributed by atoms with Crippen molar-refractivity contribution < 1.29 is 45.4 Å². The topological polar surface area (TPSA) is 76.7 Å². The zero-order chi connectivity index (χ0) is 27.3. The van der Waals surface area contributed by atoms with E-state index in [0.717, 1.165) is 32.1 Å². The van der Waals surface area contributed by atoms with Crippen molar-refractivity contribution in [2.75, 3.05) is 26.3 Å². The standard InChI is InChI=1S/C25H28F6N2O4/c26-24(27,28)16-36-20-10-6-18(7-11-20)22(34)32-14-4-2-1-3-5-15-33-23(35)19-8-12-21(13-9-19)37-17-25(29,30)31/h6-13H,1-5,14-17H2,(H,32,34)(H,33,35). The summed E-state index contributed by atoms with van der Waals surface area (Å²) in [4.78, 5) is 24.2. The van der Waals surface area contributed by atoms with Gasteiger partial charge in [-0.1, -0.05) is 19.3 Å². The molecule has 0 heterocycles. The van der Waals surface area contributed by atoms with Gasteiger partial charge in [-0.05, 0) is 61.4 Å². The van der Waals surface area contributed by atoms with E-state index in [9.17, 15) is 35.9 Å². The lowest BCUT2D eigenvalue weighted by atomic mass is 10.1. The molecule has 0 spiro atoms. The molecule has 37 heavy (non-hydrogen) atoms. The maximum Gasteiger partial charge on any atom is 0.422 e. The molecule has 0 atom stereocenters. The first-order valence-corrected chi connectivity index (χ1v) is 11.6. The first kappa shape index (κ1) is 29.8. The molecule has 0 fully saturated rings. The lowest BCUT2D eigenvalue weighted by Crippen LogP contribution is -2.24. The minimum absolute atomic E-state index is 0.0254. The normalized spacial score (nSPS) is 11.6. The van der Waals surface area contributed by atoms with Crippen LogP contribution in [-0.4, -0.2) is 50.5 Å². The van der Waals surface area contributed by atoms with Crippen LogP contribution < -0.4 is 20.1 Å². The molecule has 6 nitrogen and oxygen atoms in total. The van der Waals surface area contributed by atoms with Gasteiger partial charge in [-0.2, -0.15) is 26.3 Å². The predicted octanol–water partition coefficient (Wildman–Crippen LogP) is 5.68. The third-order valence-corrected chi connectivity index (χ3v) is 4.96. The Morgan fingerprint density at radius 2 is 0.892 bits per heavy atom. The minimum atomic E-state index is -4.43. The zero-order valence-corrected chi connectivity index (χ0v) is 19.9. The van der Waals surface area contributed by atoms with Gasteiger partial charge in [-0.25, -0.2) is 0 Å². The molecule has 2 amide bonds. The van der Waals surface area contributed by atoms with E-state index in [1.54, 1.807) is 0 Å². The van der Waals surface area contributed by atoms with Crippen molar-refractivity contribution in [3.63, 3.8) is 0 Å². The Labute approximate surface area is 210 Å². The number of halogens is 6. The van der Waals surface area contributed by atoms with Crippen LogP contribution in [0.25, 0.3) is 0 Å². The summed E-state index contributed by atoms with van der Waals surface area (Å²) >= 11 is 0. The molecule has 0 saturated carbocycles. The van der Waals surface area contributed by atoms with Crippen molar-refractivity contribution >= 4 is 11.8 Å². The van der Waals surface area contributed by atoms with Gasteiger partial charge in [0.05, 0.1) is 0 Å². The van der Waals surface area contributed by atoms with Crippen molar-refractivity contribution in [3.8, 4) is 11.5 Å². The summed E-state index contributed by atoms with van der Waals surface area (Å²) in [7, 11) is 0. The van der Waals surface area contributed by atoms with Crippen LogP contribution >= 0.6 is 0 Å². The number of benzene rings is 2. The van der Waals surface area contributed by atoms with E-state index < -0.39 is 25.6 Å². The number of alkyl halides is 6. The number of rotatable bonds is 14. The van der Waals surface area contributed by atoms with Crippen molar-refractivity contribution in [1.82, 2.24) is 10.6 Å². The van der Waals surface area contributed by atoms with Gasteiger partial charge in [0.15, 0.2) is 13.2 Å². The Morgan fingerprint density at radius 1 is 0.568 bits per heavy atom. The van der Waals surface area contributed by atoms with Crippen LogP contribution in [0.5, 0.6) is 11.5 Å². The Balaban J connectivity index is 1.52. The lowest BCUT2D eigenvalue weighted by molar-refractivity contribution is -0.154. The Hall–Kier alpha value is -3.44. The van der Waals surface area contributed by atoms with Gasteiger partial charge in [-0.3, -0.25) is 9.59 Å². The molecule has 2 aromatic rings. The molecule has 0 aliphatic carbocycles. The third-order valence-electron chi connectivity index (χ3n) is 4.96. The average molecular weight is 534 g/mol. The van der Waals surface area contributed by atoms with Crippen LogP contribution in [0.2, 0.25) is 0 Å². The molecule has 0 aromatic heterocycles. The summed E-state index contributed by atoms with van der Waals surface area (Å²) in [6.07, 6.45) is -4.76. The van der Waals surface area contributed by atoms with Crippen LogP contribution in [-0.2, 0) is 0 Å². The summed E-state index contributed by atoms with van der Waals surface area (Å²) in [6.45, 7) is -1.90. The molecular weight excluding hydrogens is 506 g/mol. The fourth-order valence-electron chi connectivity index (χ4n) is 3.12. The lowest BCUT2D eigenvalue weighted by Gasteiger charge is -2.10. The molecule has 0 radical (unpaired) electrons. The monoisotopic (exact) mass is 534 g/mol. The largest absolute Gasteiger partial charge is 0.484 e. The van der Waals surface area contributed by atoms with E-state index in [1.807, 2.05) is 0 Å². The Bertz CT molecular complexity index is 897. The smallest absolute Gasteiger partial charge is 0.422 e. The van der Waals surface area contributed by atoms with Crippen molar-refractivity contribution in [3.05, 3.63) is 59.7 Å². The molecular formula is C25H28F6N2O4. The van der Waals surface area contributed by atoms with Gasteiger partial charge in [0, 0.05) is 24.2 Å². The highest BCUT2D eigenvalue weighted by molar-refractivity contribution is 5.94. The number of unbranched alkanes of at least 4 members (excludes halogenated alkanes) is 4. The molecule has 2 aromatic carbocycles. The minimum Gasteiger partial charge on any atom is -0.484 e. The molecule has 12 heteroatoms. The number of nitrogens with one attached hydrogen (secondary N) is 2. The van der Waals surface area contributed by atoms with Crippen LogP contribution in [0.15, 0.2) is 48.5 Å². The van der Waals surface area contributed by atoms with E-state index in [2.05, 4.69) is 20.1 Å². The molecule has 2 N–H and O–H groups in total. The third kappa shape index (κ3) is 12.9. The van der Waals surface area contributed by atoms with Gasteiger partial charge < -0.3 is 20.1 Å². The Kier molecular flexibility index (Phi) is 11.5. The number of hydrogen-bond donors (Lipinski definition) is 2. The number of hydrogen-bond acceptors (Lipinski definition) is 4. The maximum absolute atomic E-state index is 12.2. The summed E-state index contributed by atoms with van der Waals surface area (Å²) in [5.74, 6) is -0.607. The molecule has 0 bridgehead atoms. The average Bonchev–Trinajstić information content (AvgIpc) is 2.84. The van der Waals surface area contributed by atoms with Crippen LogP contribution in [0.3, 0.4) is 0 Å². The highest BCUT2D eigenvalue weighted by atomic mass is 19.4. The fourth-order valence-corrected chi connectivity index (χ4v) is 3.12. The first-order chi connectivity index (χ1) is 17.4. The van der Waals surface area contributed by atoms with E-state index in [-0.39, 0.29) is 23.3 Å². The SMILES string of the molecule is O=C(NCCCCCCCNC(=O)c1ccc(OCC(F)(F)F)cc1)c1ccc(OCC(F)(F)F)cc1. The van der Waals surface area contributed by atoms with Crippen LogP contribution in [0, 0.1) is 0 Å². The number of carbonyl (C=O) groups excluding carboxylic acids is 2. The van der Waals surface area contributed by atoms with Gasteiger partial charge >= 0.3 is 12.4 Å². The zero-order valence-electron chi connectivity index (χ0n) is 19.9. The molecule has 0 saturated heterocycles. The summed E-state index contributed by atoms with van der Waals surface area (Å²) in [5.41, 5.74) is 0.636. The molecule has 0 unspecified atom stereocenters. The highest BCUT2D eigenvalue weighted by Gasteiger charge is 2.29. The molecule has 0 aliphatic heterocycles. The van der Waals surface area contributed by atoms with Gasteiger partial charge in [0.1, 0.15) is 11.5 Å². The van der Waals surface area contributed by atoms with E-state index in [4.69, 9.17) is 0 Å². The van der Waals surface area contributed by atoms with Crippen LogP contribution in [0.1, 0.15) is 52.8 Å². The quantitative estimate of drug-likeness (QED) is 0.242.